The zero-order valence-electron chi connectivity index (χ0n) is 12.1. The molecule has 0 atom stereocenters. The third-order valence-electron chi connectivity index (χ3n) is 3.16. The second-order valence-corrected chi connectivity index (χ2v) is 6.90. The van der Waals surface area contributed by atoms with Crippen molar-refractivity contribution in [1.82, 2.24) is 4.98 Å². The van der Waals surface area contributed by atoms with Gasteiger partial charge in [0.2, 0.25) is 5.12 Å². The van der Waals surface area contributed by atoms with Crippen molar-refractivity contribution in [3.8, 4) is 0 Å². The molecule has 3 rings (SSSR count). The van der Waals surface area contributed by atoms with Gasteiger partial charge in [0, 0.05) is 16.5 Å². The highest BCUT2D eigenvalue weighted by Crippen LogP contribution is 2.26. The average Bonchev–Trinajstić information content (AvgIpc) is 3.03. The van der Waals surface area contributed by atoms with Gasteiger partial charge in [-0.15, -0.1) is 11.3 Å². The van der Waals surface area contributed by atoms with Crippen molar-refractivity contribution in [3.63, 3.8) is 0 Å². The van der Waals surface area contributed by atoms with Crippen molar-refractivity contribution >= 4 is 34.0 Å². The lowest BCUT2D eigenvalue weighted by molar-refractivity contribution is 0.0991. The lowest BCUT2D eigenvalue weighted by Gasteiger charge is -1.98. The van der Waals surface area contributed by atoms with Crippen LogP contribution < -0.4 is 0 Å². The molecule has 0 fully saturated rings. The molecule has 0 unspecified atom stereocenters. The maximum atomic E-state index is 12.2. The molecule has 0 saturated carbocycles. The molecule has 114 valence electrons. The van der Waals surface area contributed by atoms with Crippen LogP contribution in [0.2, 0.25) is 0 Å². The maximum absolute atomic E-state index is 12.2. The summed E-state index contributed by atoms with van der Waals surface area (Å²) in [6.45, 7) is 0. The highest BCUT2D eigenvalue weighted by Gasteiger charge is 2.13. The Morgan fingerprint density at radius 1 is 0.913 bits per heavy atom. The number of hydrogen-bond donors (Lipinski definition) is 0. The first-order valence-corrected chi connectivity index (χ1v) is 8.72. The van der Waals surface area contributed by atoms with E-state index in [0.29, 0.717) is 21.2 Å². The summed E-state index contributed by atoms with van der Waals surface area (Å²) in [5, 5.41) is 1.79. The lowest BCUT2D eigenvalue weighted by atomic mass is 10.1. The van der Waals surface area contributed by atoms with E-state index in [-0.39, 0.29) is 17.3 Å². The van der Waals surface area contributed by atoms with E-state index in [1.165, 1.54) is 11.3 Å². The second kappa shape index (κ2) is 7.35. The largest absolute Gasteiger partial charge is 0.294 e. The first-order chi connectivity index (χ1) is 11.2. The van der Waals surface area contributed by atoms with Gasteiger partial charge in [-0.25, -0.2) is 4.98 Å². The number of thiazole rings is 1. The number of carbonyl (C=O) groups excluding carboxylic acids is 2. The molecule has 0 spiro atoms. The van der Waals surface area contributed by atoms with Gasteiger partial charge in [-0.1, -0.05) is 60.7 Å². The molecule has 0 aliphatic carbocycles. The molecule has 0 amide bonds. The zero-order valence-corrected chi connectivity index (χ0v) is 13.8. The minimum absolute atomic E-state index is 0.0295. The predicted molar refractivity (Wildman–Crippen MR) is 93.2 cm³/mol. The Balaban J connectivity index is 1.64. The fourth-order valence-electron chi connectivity index (χ4n) is 2.02. The van der Waals surface area contributed by atoms with E-state index >= 15 is 0 Å². The van der Waals surface area contributed by atoms with E-state index in [1.807, 2.05) is 41.8 Å². The standard InChI is InChI=1S/C18H13NO2S2/c20-16(13-7-3-1-4-8-13)11-15-12-22-18(19-15)23-17(21)14-9-5-2-6-10-14/h1-10,12H,11H2. The van der Waals surface area contributed by atoms with Crippen molar-refractivity contribution in [1.29, 1.82) is 0 Å². The third-order valence-corrected chi connectivity index (χ3v) is 5.07. The van der Waals surface area contributed by atoms with Gasteiger partial charge in [0.05, 0.1) is 12.1 Å². The fraction of sp³-hybridized carbons (Fsp3) is 0.0556. The van der Waals surface area contributed by atoms with Crippen LogP contribution in [0.25, 0.3) is 0 Å². The molecule has 0 bridgehead atoms. The van der Waals surface area contributed by atoms with E-state index in [2.05, 4.69) is 4.98 Å². The van der Waals surface area contributed by atoms with Crippen molar-refractivity contribution < 1.29 is 9.59 Å². The Labute approximate surface area is 142 Å². The second-order valence-electron chi connectivity index (χ2n) is 4.83. The van der Waals surface area contributed by atoms with E-state index in [1.54, 1.807) is 24.3 Å². The summed E-state index contributed by atoms with van der Waals surface area (Å²) >= 11 is 2.49. The number of thioether (sulfide) groups is 1. The summed E-state index contributed by atoms with van der Waals surface area (Å²) in [5.74, 6) is 0.0295. The molecule has 5 heteroatoms. The van der Waals surface area contributed by atoms with Crippen molar-refractivity contribution in [2.24, 2.45) is 0 Å². The van der Waals surface area contributed by atoms with Crippen LogP contribution >= 0.6 is 23.1 Å². The summed E-state index contributed by atoms with van der Waals surface area (Å²) in [5.41, 5.74) is 2.02. The Morgan fingerprint density at radius 2 is 1.52 bits per heavy atom. The summed E-state index contributed by atoms with van der Waals surface area (Å²) in [6, 6.07) is 18.3. The van der Waals surface area contributed by atoms with Crippen LogP contribution in [0.15, 0.2) is 70.4 Å². The fourth-order valence-corrected chi connectivity index (χ4v) is 3.70. The Morgan fingerprint density at radius 3 is 2.17 bits per heavy atom. The van der Waals surface area contributed by atoms with Gasteiger partial charge in [-0.05, 0) is 11.8 Å². The first-order valence-electron chi connectivity index (χ1n) is 7.02. The number of Topliss-reactive ketones (excluding diaryl/α,β-unsaturated/α-hetero) is 1. The number of aromatic nitrogens is 1. The summed E-state index contributed by atoms with van der Waals surface area (Å²) in [6.07, 6.45) is 0.251. The van der Waals surface area contributed by atoms with Gasteiger partial charge in [0.25, 0.3) is 0 Å². The van der Waals surface area contributed by atoms with Crippen molar-refractivity contribution in [2.75, 3.05) is 0 Å². The SMILES string of the molecule is O=C(Cc1csc(SC(=O)c2ccccc2)n1)c1ccccc1. The highest BCUT2D eigenvalue weighted by atomic mass is 32.2. The van der Waals surface area contributed by atoms with Crippen LogP contribution in [-0.4, -0.2) is 15.9 Å². The topological polar surface area (TPSA) is 47.0 Å². The van der Waals surface area contributed by atoms with Crippen LogP contribution in [0.5, 0.6) is 0 Å². The Bertz CT molecular complexity index is 745. The van der Waals surface area contributed by atoms with E-state index in [9.17, 15) is 9.59 Å². The minimum Gasteiger partial charge on any atom is -0.294 e. The highest BCUT2D eigenvalue weighted by molar-refractivity contribution is 8.15. The van der Waals surface area contributed by atoms with Crippen LogP contribution in [0, 0.1) is 0 Å². The van der Waals surface area contributed by atoms with Crippen LogP contribution in [0.4, 0.5) is 0 Å². The number of benzene rings is 2. The Hall–Kier alpha value is -2.24. The summed E-state index contributed by atoms with van der Waals surface area (Å²) < 4.78 is 0.662. The molecule has 0 N–H and O–H groups in total. The minimum atomic E-state index is -0.0408. The van der Waals surface area contributed by atoms with Gasteiger partial charge in [0.15, 0.2) is 10.1 Å². The molecule has 3 nitrogen and oxygen atoms in total. The maximum Gasteiger partial charge on any atom is 0.226 e. The zero-order chi connectivity index (χ0) is 16.1. The molecule has 1 aromatic heterocycles. The quantitative estimate of drug-likeness (QED) is 0.507. The van der Waals surface area contributed by atoms with Crippen molar-refractivity contribution in [3.05, 3.63) is 82.9 Å². The molecule has 1 heterocycles. The Kier molecular flexibility index (Phi) is 5.00. The van der Waals surface area contributed by atoms with Crippen LogP contribution in [0.3, 0.4) is 0 Å². The first kappa shape index (κ1) is 15.6. The molecule has 0 aliphatic heterocycles. The molecule has 3 aromatic rings. The monoisotopic (exact) mass is 339 g/mol. The molecule has 23 heavy (non-hydrogen) atoms. The molecule has 0 radical (unpaired) electrons. The van der Waals surface area contributed by atoms with Gasteiger partial charge < -0.3 is 0 Å². The van der Waals surface area contributed by atoms with E-state index < -0.39 is 0 Å². The molecular weight excluding hydrogens is 326 g/mol. The van der Waals surface area contributed by atoms with Crippen molar-refractivity contribution in [2.45, 2.75) is 10.8 Å². The number of carbonyl (C=O) groups is 2. The van der Waals surface area contributed by atoms with E-state index in [4.69, 9.17) is 0 Å². The van der Waals surface area contributed by atoms with E-state index in [0.717, 1.165) is 11.8 Å². The number of rotatable bonds is 5. The third kappa shape index (κ3) is 4.15. The van der Waals surface area contributed by atoms with Crippen LogP contribution in [-0.2, 0) is 6.42 Å². The predicted octanol–water partition coefficient (Wildman–Crippen LogP) is 4.50. The smallest absolute Gasteiger partial charge is 0.226 e. The molecule has 2 aromatic carbocycles. The number of ketones is 1. The number of hydrogen-bond acceptors (Lipinski definition) is 5. The summed E-state index contributed by atoms with van der Waals surface area (Å²) in [4.78, 5) is 28.7. The molecular formula is C18H13NO2S2. The summed E-state index contributed by atoms with van der Waals surface area (Å²) in [7, 11) is 0. The normalized spacial score (nSPS) is 10.4. The molecule has 0 aliphatic rings. The van der Waals surface area contributed by atoms with Gasteiger partial charge in [-0.3, -0.25) is 9.59 Å². The lowest BCUT2D eigenvalue weighted by Crippen LogP contribution is -2.03. The average molecular weight is 339 g/mol. The van der Waals surface area contributed by atoms with Gasteiger partial charge in [-0.2, -0.15) is 0 Å². The molecule has 0 saturated heterocycles. The number of nitrogens with zero attached hydrogens (tertiary/aromatic N) is 1. The van der Waals surface area contributed by atoms with Gasteiger partial charge in [0.1, 0.15) is 0 Å². The van der Waals surface area contributed by atoms with Gasteiger partial charge >= 0.3 is 0 Å². The van der Waals surface area contributed by atoms with Crippen LogP contribution in [0.1, 0.15) is 26.4 Å².